The average molecular weight is 274 g/mol. The van der Waals surface area contributed by atoms with E-state index in [1.54, 1.807) is 0 Å². The van der Waals surface area contributed by atoms with Gasteiger partial charge in [0.1, 0.15) is 0 Å². The van der Waals surface area contributed by atoms with E-state index >= 15 is 0 Å². The number of amides is 1. The fraction of sp³-hybridized carbons (Fsp3) is 0.562. The zero-order chi connectivity index (χ0) is 13.8. The van der Waals surface area contributed by atoms with Crippen LogP contribution in [0.2, 0.25) is 0 Å². The molecular weight excluding hydrogens is 252 g/mol. The molecule has 3 rings (SSSR count). The molecule has 20 heavy (non-hydrogen) atoms. The lowest BCUT2D eigenvalue weighted by atomic mass is 10.1. The van der Waals surface area contributed by atoms with Gasteiger partial charge in [-0.05, 0) is 17.9 Å². The molecule has 108 valence electrons. The lowest BCUT2D eigenvalue weighted by Crippen LogP contribution is -2.41. The van der Waals surface area contributed by atoms with Crippen LogP contribution in [0.25, 0.3) is 0 Å². The van der Waals surface area contributed by atoms with E-state index in [9.17, 15) is 4.79 Å². The topological polar surface area (TPSA) is 41.6 Å². The van der Waals surface area contributed by atoms with Gasteiger partial charge in [0.25, 0.3) is 0 Å². The van der Waals surface area contributed by atoms with Crippen LogP contribution >= 0.6 is 0 Å². The molecule has 0 radical (unpaired) electrons. The SMILES string of the molecule is O=C(NCCN1CCOCC1)[C@@H]1C[C@@H]1c1ccccc1. The summed E-state index contributed by atoms with van der Waals surface area (Å²) in [6.45, 7) is 5.26. The summed E-state index contributed by atoms with van der Waals surface area (Å²) in [5.41, 5.74) is 1.29. The van der Waals surface area contributed by atoms with E-state index in [0.717, 1.165) is 45.8 Å². The number of morpholine rings is 1. The fourth-order valence-electron chi connectivity index (χ4n) is 2.85. The first-order valence-electron chi connectivity index (χ1n) is 7.47. The van der Waals surface area contributed by atoms with Crippen molar-refractivity contribution in [1.29, 1.82) is 0 Å². The highest BCUT2D eigenvalue weighted by atomic mass is 16.5. The molecule has 2 fully saturated rings. The number of hydrogen-bond acceptors (Lipinski definition) is 3. The molecule has 1 heterocycles. The summed E-state index contributed by atoms with van der Waals surface area (Å²) in [6.07, 6.45) is 0.993. The number of benzene rings is 1. The average Bonchev–Trinajstić information content (AvgIpc) is 3.30. The van der Waals surface area contributed by atoms with Gasteiger partial charge < -0.3 is 10.1 Å². The van der Waals surface area contributed by atoms with E-state index in [2.05, 4.69) is 22.3 Å². The third kappa shape index (κ3) is 3.38. The molecule has 2 atom stereocenters. The van der Waals surface area contributed by atoms with Gasteiger partial charge in [0, 0.05) is 32.1 Å². The van der Waals surface area contributed by atoms with Crippen molar-refractivity contribution in [2.45, 2.75) is 12.3 Å². The molecule has 1 aliphatic heterocycles. The van der Waals surface area contributed by atoms with Crippen molar-refractivity contribution in [3.05, 3.63) is 35.9 Å². The third-order valence-electron chi connectivity index (χ3n) is 4.19. The Morgan fingerprint density at radius 2 is 2.00 bits per heavy atom. The normalized spacial score (nSPS) is 26.2. The van der Waals surface area contributed by atoms with Gasteiger partial charge in [-0.3, -0.25) is 9.69 Å². The van der Waals surface area contributed by atoms with Crippen molar-refractivity contribution in [2.24, 2.45) is 5.92 Å². The van der Waals surface area contributed by atoms with Crippen LogP contribution in [0.4, 0.5) is 0 Å². The Balaban J connectivity index is 1.38. The van der Waals surface area contributed by atoms with Crippen LogP contribution < -0.4 is 5.32 Å². The number of ether oxygens (including phenoxy) is 1. The molecule has 0 bridgehead atoms. The molecular formula is C16H22N2O2. The van der Waals surface area contributed by atoms with Gasteiger partial charge in [-0.15, -0.1) is 0 Å². The van der Waals surface area contributed by atoms with Crippen molar-refractivity contribution >= 4 is 5.91 Å². The first kappa shape index (κ1) is 13.6. The minimum atomic E-state index is 0.182. The van der Waals surface area contributed by atoms with E-state index in [4.69, 9.17) is 4.74 Å². The maximum Gasteiger partial charge on any atom is 0.223 e. The Morgan fingerprint density at radius 1 is 1.25 bits per heavy atom. The minimum absolute atomic E-state index is 0.182. The highest BCUT2D eigenvalue weighted by Gasteiger charge is 2.43. The molecule has 1 N–H and O–H groups in total. The Morgan fingerprint density at radius 3 is 2.75 bits per heavy atom. The van der Waals surface area contributed by atoms with Crippen LogP contribution in [0.1, 0.15) is 17.9 Å². The molecule has 1 saturated heterocycles. The van der Waals surface area contributed by atoms with E-state index in [1.165, 1.54) is 5.56 Å². The third-order valence-corrected chi connectivity index (χ3v) is 4.19. The highest BCUT2D eigenvalue weighted by molar-refractivity contribution is 5.82. The molecule has 1 saturated carbocycles. The van der Waals surface area contributed by atoms with Gasteiger partial charge in [0.05, 0.1) is 13.2 Å². The van der Waals surface area contributed by atoms with Gasteiger partial charge in [-0.1, -0.05) is 30.3 Å². The highest BCUT2D eigenvalue weighted by Crippen LogP contribution is 2.47. The molecule has 2 aliphatic rings. The maximum absolute atomic E-state index is 12.1. The number of hydrogen-bond donors (Lipinski definition) is 1. The van der Waals surface area contributed by atoms with Gasteiger partial charge in [-0.25, -0.2) is 0 Å². The number of nitrogens with one attached hydrogen (secondary N) is 1. The molecule has 0 spiro atoms. The van der Waals surface area contributed by atoms with Crippen molar-refractivity contribution in [1.82, 2.24) is 10.2 Å². The Hall–Kier alpha value is -1.39. The predicted octanol–water partition coefficient (Wildman–Crippen LogP) is 1.24. The zero-order valence-electron chi connectivity index (χ0n) is 11.8. The van der Waals surface area contributed by atoms with Crippen LogP contribution in [0.15, 0.2) is 30.3 Å². The van der Waals surface area contributed by atoms with Crippen molar-refractivity contribution in [3.8, 4) is 0 Å². The number of carbonyl (C=O) groups excluding carboxylic acids is 1. The summed E-state index contributed by atoms with van der Waals surface area (Å²) in [6, 6.07) is 10.3. The molecule has 4 nitrogen and oxygen atoms in total. The maximum atomic E-state index is 12.1. The number of carbonyl (C=O) groups is 1. The van der Waals surface area contributed by atoms with E-state index in [-0.39, 0.29) is 11.8 Å². The zero-order valence-corrected chi connectivity index (χ0v) is 11.8. The summed E-state index contributed by atoms with van der Waals surface area (Å²) >= 11 is 0. The largest absolute Gasteiger partial charge is 0.379 e. The van der Waals surface area contributed by atoms with Crippen LogP contribution in [0.3, 0.4) is 0 Å². The predicted molar refractivity (Wildman–Crippen MR) is 77.6 cm³/mol. The molecule has 1 amide bonds. The van der Waals surface area contributed by atoms with E-state index in [0.29, 0.717) is 5.92 Å². The Kier molecular flexibility index (Phi) is 4.33. The molecule has 1 aliphatic carbocycles. The second kappa shape index (κ2) is 6.37. The lowest BCUT2D eigenvalue weighted by molar-refractivity contribution is -0.122. The summed E-state index contributed by atoms with van der Waals surface area (Å²) in [7, 11) is 0. The second-order valence-electron chi connectivity index (χ2n) is 5.60. The molecule has 0 unspecified atom stereocenters. The van der Waals surface area contributed by atoms with E-state index in [1.807, 2.05) is 18.2 Å². The monoisotopic (exact) mass is 274 g/mol. The van der Waals surface area contributed by atoms with Gasteiger partial charge in [-0.2, -0.15) is 0 Å². The first-order chi connectivity index (χ1) is 9.84. The summed E-state index contributed by atoms with van der Waals surface area (Å²) < 4.78 is 5.31. The lowest BCUT2D eigenvalue weighted by Gasteiger charge is -2.26. The molecule has 4 heteroatoms. The van der Waals surface area contributed by atoms with Crippen molar-refractivity contribution in [3.63, 3.8) is 0 Å². The fourth-order valence-corrected chi connectivity index (χ4v) is 2.85. The van der Waals surface area contributed by atoms with Crippen LogP contribution in [0.5, 0.6) is 0 Å². The van der Waals surface area contributed by atoms with Crippen LogP contribution in [-0.2, 0) is 9.53 Å². The Bertz CT molecular complexity index is 443. The van der Waals surface area contributed by atoms with E-state index < -0.39 is 0 Å². The smallest absolute Gasteiger partial charge is 0.223 e. The van der Waals surface area contributed by atoms with Gasteiger partial charge in [0.2, 0.25) is 5.91 Å². The summed E-state index contributed by atoms with van der Waals surface area (Å²) in [4.78, 5) is 14.4. The number of nitrogens with zero attached hydrogens (tertiary/aromatic N) is 1. The molecule has 1 aromatic rings. The summed E-state index contributed by atoms with van der Waals surface area (Å²) in [5.74, 6) is 0.828. The van der Waals surface area contributed by atoms with Crippen LogP contribution in [-0.4, -0.2) is 50.2 Å². The van der Waals surface area contributed by atoms with Gasteiger partial charge >= 0.3 is 0 Å². The Labute approximate surface area is 120 Å². The van der Waals surface area contributed by atoms with Crippen molar-refractivity contribution < 1.29 is 9.53 Å². The summed E-state index contributed by atoms with van der Waals surface area (Å²) in [5, 5.41) is 3.07. The minimum Gasteiger partial charge on any atom is -0.379 e. The first-order valence-corrected chi connectivity index (χ1v) is 7.47. The number of rotatable bonds is 5. The quantitative estimate of drug-likeness (QED) is 0.878. The standard InChI is InChI=1S/C16H22N2O2/c19-16(17-6-7-18-8-10-20-11-9-18)15-12-14(15)13-4-2-1-3-5-13/h1-5,14-15H,6-12H2,(H,17,19)/t14-,15-/m1/s1. The van der Waals surface area contributed by atoms with Crippen molar-refractivity contribution in [2.75, 3.05) is 39.4 Å². The van der Waals surface area contributed by atoms with Gasteiger partial charge in [0.15, 0.2) is 0 Å². The molecule has 0 aromatic heterocycles. The van der Waals surface area contributed by atoms with Crippen LogP contribution in [0, 0.1) is 5.92 Å². The molecule has 1 aromatic carbocycles. The second-order valence-corrected chi connectivity index (χ2v) is 5.60.